The summed E-state index contributed by atoms with van der Waals surface area (Å²) < 4.78 is 11.1. The van der Waals surface area contributed by atoms with Crippen LogP contribution in [-0.2, 0) is 6.54 Å². The van der Waals surface area contributed by atoms with E-state index in [4.69, 9.17) is 9.47 Å². The molecule has 0 saturated heterocycles. The van der Waals surface area contributed by atoms with E-state index >= 15 is 0 Å². The van der Waals surface area contributed by atoms with Gasteiger partial charge in [-0.3, -0.25) is 0 Å². The maximum Gasteiger partial charge on any atom is 0.315 e. The molecule has 5 heteroatoms. The Hall–Kier alpha value is -1.91. The molecule has 0 atom stereocenters. The fourth-order valence-corrected chi connectivity index (χ4v) is 3.42. The third-order valence-electron chi connectivity index (χ3n) is 4.84. The van der Waals surface area contributed by atoms with Crippen LogP contribution in [-0.4, -0.2) is 25.8 Å². The van der Waals surface area contributed by atoms with Crippen LogP contribution in [0.3, 0.4) is 0 Å². The van der Waals surface area contributed by atoms with Crippen LogP contribution in [0.4, 0.5) is 4.79 Å². The lowest BCUT2D eigenvalue weighted by molar-refractivity contribution is 0.171. The second-order valence-electron chi connectivity index (χ2n) is 6.75. The molecule has 0 unspecified atom stereocenters. The molecule has 2 amide bonds. The summed E-state index contributed by atoms with van der Waals surface area (Å²) in [5.41, 5.74) is 1.01. The Balaban J connectivity index is 1.40. The predicted octanol–water partition coefficient (Wildman–Crippen LogP) is 3.62. The van der Waals surface area contributed by atoms with Gasteiger partial charge in [0.25, 0.3) is 0 Å². The Labute approximate surface area is 144 Å². The zero-order chi connectivity index (χ0) is 16.6. The molecule has 1 saturated carbocycles. The zero-order valence-electron chi connectivity index (χ0n) is 14.3. The van der Waals surface area contributed by atoms with Gasteiger partial charge < -0.3 is 20.1 Å². The smallest absolute Gasteiger partial charge is 0.315 e. The third kappa shape index (κ3) is 5.05. The van der Waals surface area contributed by atoms with Gasteiger partial charge in [-0.25, -0.2) is 4.79 Å². The third-order valence-corrected chi connectivity index (χ3v) is 4.84. The SMILES string of the molecule is O=C(NCc1ccc2c(c1)OCCO2)NCC1CCCCCCC1. The Kier molecular flexibility index (Phi) is 6.21. The minimum Gasteiger partial charge on any atom is -0.486 e. The highest BCUT2D eigenvalue weighted by atomic mass is 16.6. The quantitative estimate of drug-likeness (QED) is 0.885. The average Bonchev–Trinajstić information content (AvgIpc) is 2.59. The molecular formula is C19H28N2O3. The van der Waals surface area contributed by atoms with Crippen LogP contribution >= 0.6 is 0 Å². The monoisotopic (exact) mass is 332 g/mol. The molecule has 3 rings (SSSR count). The highest BCUT2D eigenvalue weighted by Gasteiger charge is 2.14. The molecule has 132 valence electrons. The Bertz CT molecular complexity index is 539. The van der Waals surface area contributed by atoms with Crippen molar-refractivity contribution in [3.63, 3.8) is 0 Å². The predicted molar refractivity (Wildman–Crippen MR) is 93.5 cm³/mol. The first-order valence-electron chi connectivity index (χ1n) is 9.21. The number of carbonyl (C=O) groups is 1. The van der Waals surface area contributed by atoms with Crippen molar-refractivity contribution in [3.8, 4) is 11.5 Å². The largest absolute Gasteiger partial charge is 0.486 e. The molecule has 1 heterocycles. The van der Waals surface area contributed by atoms with Crippen molar-refractivity contribution in [2.45, 2.75) is 51.5 Å². The van der Waals surface area contributed by atoms with Crippen molar-refractivity contribution >= 4 is 6.03 Å². The molecule has 0 bridgehead atoms. The second-order valence-corrected chi connectivity index (χ2v) is 6.75. The van der Waals surface area contributed by atoms with E-state index in [1.165, 1.54) is 44.9 Å². The van der Waals surface area contributed by atoms with Gasteiger partial charge in [0.1, 0.15) is 13.2 Å². The molecule has 1 aromatic carbocycles. The minimum atomic E-state index is -0.0908. The van der Waals surface area contributed by atoms with Gasteiger partial charge in [-0.05, 0) is 36.5 Å². The molecule has 1 aliphatic carbocycles. The number of amides is 2. The Morgan fingerprint density at radius 3 is 2.46 bits per heavy atom. The number of nitrogens with one attached hydrogen (secondary N) is 2. The Morgan fingerprint density at radius 1 is 0.958 bits per heavy atom. The maximum absolute atomic E-state index is 12.0. The van der Waals surface area contributed by atoms with Crippen molar-refractivity contribution in [2.75, 3.05) is 19.8 Å². The fourth-order valence-electron chi connectivity index (χ4n) is 3.42. The molecule has 0 aromatic heterocycles. The molecule has 2 aliphatic rings. The Morgan fingerprint density at radius 2 is 1.67 bits per heavy atom. The average molecular weight is 332 g/mol. The molecular weight excluding hydrogens is 304 g/mol. The first-order valence-corrected chi connectivity index (χ1v) is 9.21. The summed E-state index contributed by atoms with van der Waals surface area (Å²) in [6.07, 6.45) is 9.12. The lowest BCUT2D eigenvalue weighted by Crippen LogP contribution is -2.38. The standard InChI is InChI=1S/C19H28N2O3/c22-19(20-13-15-6-4-2-1-3-5-7-15)21-14-16-8-9-17-18(12-16)24-11-10-23-17/h8-9,12,15H,1-7,10-11,13-14H2,(H2,20,21,22). The van der Waals surface area contributed by atoms with Crippen molar-refractivity contribution in [2.24, 2.45) is 5.92 Å². The van der Waals surface area contributed by atoms with Crippen LogP contribution in [0.1, 0.15) is 50.5 Å². The zero-order valence-corrected chi connectivity index (χ0v) is 14.3. The fraction of sp³-hybridized carbons (Fsp3) is 0.632. The van der Waals surface area contributed by atoms with E-state index in [-0.39, 0.29) is 6.03 Å². The number of ether oxygens (including phenoxy) is 2. The first kappa shape index (κ1) is 16.9. The van der Waals surface area contributed by atoms with E-state index in [1.54, 1.807) is 0 Å². The highest BCUT2D eigenvalue weighted by molar-refractivity contribution is 5.73. The number of rotatable bonds is 4. The molecule has 0 radical (unpaired) electrons. The first-order chi connectivity index (χ1) is 11.8. The van der Waals surface area contributed by atoms with Crippen LogP contribution in [0.25, 0.3) is 0 Å². The summed E-state index contributed by atoms with van der Waals surface area (Å²) in [6, 6.07) is 5.70. The van der Waals surface area contributed by atoms with E-state index in [9.17, 15) is 4.79 Å². The molecule has 0 spiro atoms. The summed E-state index contributed by atoms with van der Waals surface area (Å²) in [4.78, 5) is 12.0. The summed E-state index contributed by atoms with van der Waals surface area (Å²) in [5.74, 6) is 2.17. The van der Waals surface area contributed by atoms with Crippen LogP contribution in [0.2, 0.25) is 0 Å². The van der Waals surface area contributed by atoms with Crippen molar-refractivity contribution in [1.29, 1.82) is 0 Å². The molecule has 1 aromatic rings. The van der Waals surface area contributed by atoms with Gasteiger partial charge in [-0.15, -0.1) is 0 Å². The van der Waals surface area contributed by atoms with Crippen molar-refractivity contribution in [3.05, 3.63) is 23.8 Å². The van der Waals surface area contributed by atoms with E-state index in [1.807, 2.05) is 18.2 Å². The lowest BCUT2D eigenvalue weighted by Gasteiger charge is -2.20. The number of hydrogen-bond donors (Lipinski definition) is 2. The summed E-state index contributed by atoms with van der Waals surface area (Å²) in [7, 11) is 0. The molecule has 1 aliphatic heterocycles. The summed E-state index contributed by atoms with van der Waals surface area (Å²) in [6.45, 7) is 2.44. The van der Waals surface area contributed by atoms with E-state index in [0.29, 0.717) is 25.7 Å². The molecule has 24 heavy (non-hydrogen) atoms. The summed E-state index contributed by atoms with van der Waals surface area (Å²) in [5, 5.41) is 5.95. The van der Waals surface area contributed by atoms with Gasteiger partial charge >= 0.3 is 6.03 Å². The number of fused-ring (bicyclic) bond motifs is 1. The van der Waals surface area contributed by atoms with Crippen LogP contribution < -0.4 is 20.1 Å². The van der Waals surface area contributed by atoms with Gasteiger partial charge in [0.15, 0.2) is 11.5 Å². The molecule has 5 nitrogen and oxygen atoms in total. The van der Waals surface area contributed by atoms with Gasteiger partial charge in [0.2, 0.25) is 0 Å². The molecule has 1 fully saturated rings. The van der Waals surface area contributed by atoms with Gasteiger partial charge in [-0.1, -0.05) is 38.2 Å². The van der Waals surface area contributed by atoms with E-state index in [0.717, 1.165) is 23.6 Å². The van der Waals surface area contributed by atoms with Crippen LogP contribution in [0, 0.1) is 5.92 Å². The van der Waals surface area contributed by atoms with E-state index in [2.05, 4.69) is 10.6 Å². The van der Waals surface area contributed by atoms with Crippen LogP contribution in [0.5, 0.6) is 11.5 Å². The maximum atomic E-state index is 12.0. The second kappa shape index (κ2) is 8.81. The number of carbonyl (C=O) groups excluding carboxylic acids is 1. The number of urea groups is 1. The van der Waals surface area contributed by atoms with Gasteiger partial charge in [0.05, 0.1) is 0 Å². The highest BCUT2D eigenvalue weighted by Crippen LogP contribution is 2.30. The van der Waals surface area contributed by atoms with Crippen molar-refractivity contribution < 1.29 is 14.3 Å². The number of benzene rings is 1. The van der Waals surface area contributed by atoms with E-state index < -0.39 is 0 Å². The van der Waals surface area contributed by atoms with Crippen molar-refractivity contribution in [1.82, 2.24) is 10.6 Å². The molecule has 2 N–H and O–H groups in total. The number of hydrogen-bond acceptors (Lipinski definition) is 3. The topological polar surface area (TPSA) is 59.6 Å². The van der Waals surface area contributed by atoms with Gasteiger partial charge in [0, 0.05) is 13.1 Å². The van der Waals surface area contributed by atoms with Gasteiger partial charge in [-0.2, -0.15) is 0 Å². The normalized spacial score (nSPS) is 18.3. The van der Waals surface area contributed by atoms with Crippen LogP contribution in [0.15, 0.2) is 18.2 Å². The minimum absolute atomic E-state index is 0.0908. The lowest BCUT2D eigenvalue weighted by atomic mass is 9.91. The summed E-state index contributed by atoms with van der Waals surface area (Å²) >= 11 is 0.